The minimum atomic E-state index is -0.487. The van der Waals surface area contributed by atoms with E-state index in [1.54, 1.807) is 24.3 Å². The van der Waals surface area contributed by atoms with E-state index in [1.165, 1.54) is 10.8 Å². The number of nitrogens with zero attached hydrogens (tertiary/aromatic N) is 1. The SMILES string of the molecule is Cc1c(Cl)cccc1NC(=O)/C(C#N)=C\c1ccc(OCc2ccc3ccccc3c2)c(I)c1. The van der Waals surface area contributed by atoms with E-state index in [1.807, 2.05) is 43.3 Å². The Morgan fingerprint density at radius 3 is 2.62 bits per heavy atom. The molecule has 0 aliphatic heterocycles. The standard InChI is InChI=1S/C28H20ClIN2O2/c1-18-24(29)7-4-8-26(18)32-28(33)23(16-31)13-19-10-12-27(25(30)15-19)34-17-20-9-11-21-5-2-3-6-22(21)14-20/h2-15H,17H2,1H3,(H,32,33)/b23-13-. The molecule has 4 aromatic carbocycles. The van der Waals surface area contributed by atoms with Crippen molar-refractivity contribution in [3.63, 3.8) is 0 Å². The molecule has 4 aromatic rings. The van der Waals surface area contributed by atoms with Gasteiger partial charge in [0.25, 0.3) is 5.91 Å². The first-order chi connectivity index (χ1) is 16.4. The summed E-state index contributed by atoms with van der Waals surface area (Å²) in [6.45, 7) is 2.26. The molecule has 168 valence electrons. The molecular formula is C28H20ClIN2O2. The Hall–Kier alpha value is -3.34. The van der Waals surface area contributed by atoms with Crippen molar-refractivity contribution < 1.29 is 9.53 Å². The van der Waals surface area contributed by atoms with E-state index in [-0.39, 0.29) is 5.57 Å². The lowest BCUT2D eigenvalue weighted by molar-refractivity contribution is -0.112. The van der Waals surface area contributed by atoms with Crippen molar-refractivity contribution in [3.8, 4) is 11.8 Å². The lowest BCUT2D eigenvalue weighted by Crippen LogP contribution is -2.14. The number of nitriles is 1. The van der Waals surface area contributed by atoms with Crippen molar-refractivity contribution >= 4 is 62.6 Å². The van der Waals surface area contributed by atoms with Gasteiger partial charge in [-0.15, -0.1) is 0 Å². The molecule has 34 heavy (non-hydrogen) atoms. The number of carbonyl (C=O) groups excluding carboxylic acids is 1. The minimum absolute atomic E-state index is 0.00000699. The van der Waals surface area contributed by atoms with Crippen LogP contribution in [0.5, 0.6) is 5.75 Å². The van der Waals surface area contributed by atoms with Crippen molar-refractivity contribution in [1.82, 2.24) is 0 Å². The van der Waals surface area contributed by atoms with Crippen molar-refractivity contribution in [1.29, 1.82) is 5.26 Å². The number of fused-ring (bicyclic) bond motifs is 1. The zero-order valence-corrected chi connectivity index (χ0v) is 21.2. The summed E-state index contributed by atoms with van der Waals surface area (Å²) in [4.78, 5) is 12.6. The highest BCUT2D eigenvalue weighted by atomic mass is 127. The molecule has 0 saturated heterocycles. The molecule has 0 saturated carbocycles. The Morgan fingerprint density at radius 1 is 1.06 bits per heavy atom. The molecule has 0 bridgehead atoms. The summed E-state index contributed by atoms with van der Waals surface area (Å²) < 4.78 is 6.91. The van der Waals surface area contributed by atoms with Crippen LogP contribution >= 0.6 is 34.2 Å². The van der Waals surface area contributed by atoms with Gasteiger partial charge in [-0.25, -0.2) is 0 Å². The molecule has 6 heteroatoms. The zero-order valence-electron chi connectivity index (χ0n) is 18.3. The van der Waals surface area contributed by atoms with Gasteiger partial charge >= 0.3 is 0 Å². The van der Waals surface area contributed by atoms with Gasteiger partial charge in [0.15, 0.2) is 0 Å². The Labute approximate surface area is 217 Å². The van der Waals surface area contributed by atoms with Gasteiger partial charge in [0, 0.05) is 10.7 Å². The Morgan fingerprint density at radius 2 is 1.85 bits per heavy atom. The first kappa shape index (κ1) is 23.8. The maximum atomic E-state index is 12.6. The molecule has 0 heterocycles. The molecular weight excluding hydrogens is 559 g/mol. The molecule has 0 aromatic heterocycles. The zero-order chi connectivity index (χ0) is 24.1. The van der Waals surface area contributed by atoms with Crippen molar-refractivity contribution in [2.75, 3.05) is 5.32 Å². The highest BCUT2D eigenvalue weighted by Gasteiger charge is 2.12. The van der Waals surface area contributed by atoms with Crippen molar-refractivity contribution in [2.24, 2.45) is 0 Å². The number of hydrogen-bond acceptors (Lipinski definition) is 3. The number of amides is 1. The van der Waals surface area contributed by atoms with Gasteiger partial charge in [-0.05, 0) is 93.4 Å². The van der Waals surface area contributed by atoms with Crippen LogP contribution in [0.15, 0.2) is 84.4 Å². The lowest BCUT2D eigenvalue weighted by atomic mass is 10.1. The number of carbonyl (C=O) groups is 1. The first-order valence-corrected chi connectivity index (χ1v) is 12.0. The van der Waals surface area contributed by atoms with E-state index < -0.39 is 5.91 Å². The molecule has 0 unspecified atom stereocenters. The second-order valence-electron chi connectivity index (χ2n) is 7.70. The average molecular weight is 579 g/mol. The number of anilines is 1. The number of benzene rings is 4. The molecule has 4 nitrogen and oxygen atoms in total. The molecule has 0 spiro atoms. The number of hydrogen-bond donors (Lipinski definition) is 1. The molecule has 1 N–H and O–H groups in total. The summed E-state index contributed by atoms with van der Waals surface area (Å²) in [6, 6.07) is 27.3. The van der Waals surface area contributed by atoms with Crippen LogP contribution in [0.3, 0.4) is 0 Å². The third kappa shape index (κ3) is 5.58. The van der Waals surface area contributed by atoms with Gasteiger partial charge in [0.1, 0.15) is 24.0 Å². The third-order valence-corrected chi connectivity index (χ3v) is 6.61. The maximum absolute atomic E-state index is 12.6. The number of rotatable bonds is 6. The molecule has 0 aliphatic carbocycles. The van der Waals surface area contributed by atoms with Crippen LogP contribution < -0.4 is 10.1 Å². The summed E-state index contributed by atoms with van der Waals surface area (Å²) in [5.41, 5.74) is 3.14. The monoisotopic (exact) mass is 578 g/mol. The third-order valence-electron chi connectivity index (χ3n) is 5.36. The Kier molecular flexibility index (Phi) is 7.51. The Bertz CT molecular complexity index is 1460. The first-order valence-electron chi connectivity index (χ1n) is 10.5. The van der Waals surface area contributed by atoms with E-state index in [9.17, 15) is 10.1 Å². The van der Waals surface area contributed by atoms with E-state index in [0.29, 0.717) is 17.3 Å². The predicted octanol–water partition coefficient (Wildman–Crippen LogP) is 7.53. The highest BCUT2D eigenvalue weighted by Crippen LogP contribution is 2.26. The van der Waals surface area contributed by atoms with Gasteiger partial charge < -0.3 is 10.1 Å². The summed E-state index contributed by atoms with van der Waals surface area (Å²) in [7, 11) is 0. The van der Waals surface area contributed by atoms with Crippen molar-refractivity contribution in [3.05, 3.63) is 110 Å². The van der Waals surface area contributed by atoms with E-state index in [2.05, 4.69) is 58.2 Å². The lowest BCUT2D eigenvalue weighted by Gasteiger charge is -2.10. The fraction of sp³-hybridized carbons (Fsp3) is 0.0714. The molecule has 0 aliphatic rings. The van der Waals surface area contributed by atoms with Gasteiger partial charge in [-0.1, -0.05) is 60.1 Å². The molecule has 0 atom stereocenters. The summed E-state index contributed by atoms with van der Waals surface area (Å²) >= 11 is 8.31. The van der Waals surface area contributed by atoms with E-state index in [4.69, 9.17) is 16.3 Å². The second kappa shape index (κ2) is 10.7. The normalized spacial score (nSPS) is 11.2. The predicted molar refractivity (Wildman–Crippen MR) is 146 cm³/mol. The molecule has 0 fully saturated rings. The van der Waals surface area contributed by atoms with Crippen LogP contribution in [-0.2, 0) is 11.4 Å². The minimum Gasteiger partial charge on any atom is -0.488 e. The number of halogens is 2. The van der Waals surface area contributed by atoms with Crippen LogP contribution in [0.25, 0.3) is 16.8 Å². The van der Waals surface area contributed by atoms with Crippen LogP contribution in [0.2, 0.25) is 5.02 Å². The average Bonchev–Trinajstić information content (AvgIpc) is 2.84. The van der Waals surface area contributed by atoms with Crippen LogP contribution in [0.4, 0.5) is 5.69 Å². The summed E-state index contributed by atoms with van der Waals surface area (Å²) in [5, 5.41) is 15.2. The largest absolute Gasteiger partial charge is 0.488 e. The van der Waals surface area contributed by atoms with Gasteiger partial charge in [-0.2, -0.15) is 5.26 Å². The van der Waals surface area contributed by atoms with E-state index in [0.717, 1.165) is 26.0 Å². The quantitative estimate of drug-likeness (QED) is 0.146. The maximum Gasteiger partial charge on any atom is 0.266 e. The number of nitrogens with one attached hydrogen (secondary N) is 1. The van der Waals surface area contributed by atoms with Gasteiger partial charge in [-0.3, -0.25) is 4.79 Å². The summed E-state index contributed by atoms with van der Waals surface area (Å²) in [6.07, 6.45) is 1.56. The molecule has 4 rings (SSSR count). The van der Waals surface area contributed by atoms with Crippen LogP contribution in [0.1, 0.15) is 16.7 Å². The van der Waals surface area contributed by atoms with Gasteiger partial charge in [0.2, 0.25) is 0 Å². The van der Waals surface area contributed by atoms with Gasteiger partial charge in [0.05, 0.1) is 3.57 Å². The topological polar surface area (TPSA) is 62.1 Å². The number of ether oxygens (including phenoxy) is 1. The molecule has 0 radical (unpaired) electrons. The summed E-state index contributed by atoms with van der Waals surface area (Å²) in [5.74, 6) is 0.253. The highest BCUT2D eigenvalue weighted by molar-refractivity contribution is 14.1. The smallest absolute Gasteiger partial charge is 0.266 e. The second-order valence-corrected chi connectivity index (χ2v) is 9.27. The Balaban J connectivity index is 1.47. The van der Waals surface area contributed by atoms with Crippen LogP contribution in [0, 0.1) is 21.8 Å². The fourth-order valence-electron chi connectivity index (χ4n) is 3.46. The molecule has 1 amide bonds. The van der Waals surface area contributed by atoms with Crippen LogP contribution in [-0.4, -0.2) is 5.91 Å². The van der Waals surface area contributed by atoms with E-state index >= 15 is 0 Å². The van der Waals surface area contributed by atoms with Crippen molar-refractivity contribution in [2.45, 2.75) is 13.5 Å². The fourth-order valence-corrected chi connectivity index (χ4v) is 4.33.